The van der Waals surface area contributed by atoms with Gasteiger partial charge in [-0.2, -0.15) is 0 Å². The van der Waals surface area contributed by atoms with Crippen molar-refractivity contribution in [2.45, 2.75) is 6.04 Å². The van der Waals surface area contributed by atoms with E-state index >= 15 is 0 Å². The largest absolute Gasteiger partial charge is 0.359 e. The number of benzene rings is 9. The predicted molar refractivity (Wildman–Crippen MR) is 273 cm³/mol. The van der Waals surface area contributed by atoms with Crippen molar-refractivity contribution in [2.24, 2.45) is 4.99 Å². The summed E-state index contributed by atoms with van der Waals surface area (Å²) < 4.78 is 2.54. The van der Waals surface area contributed by atoms with Crippen molar-refractivity contribution < 1.29 is 0 Å². The van der Waals surface area contributed by atoms with Gasteiger partial charge >= 0.3 is 0 Å². The summed E-state index contributed by atoms with van der Waals surface area (Å²) in [7, 11) is 0. The first kappa shape index (κ1) is 38.4. The lowest BCUT2D eigenvalue weighted by molar-refractivity contribution is 0.781. The van der Waals surface area contributed by atoms with E-state index in [0.717, 1.165) is 61.9 Å². The van der Waals surface area contributed by atoms with Crippen LogP contribution in [-0.4, -0.2) is 15.8 Å². The van der Waals surface area contributed by atoms with Crippen LogP contribution in [0, 0.1) is 0 Å². The van der Waals surface area contributed by atoms with Gasteiger partial charge in [-0.15, -0.1) is 11.3 Å². The molecule has 3 heterocycles. The number of hydrogen-bond donors (Lipinski definition) is 1. The van der Waals surface area contributed by atoms with Crippen LogP contribution in [0.4, 0.5) is 0 Å². The van der Waals surface area contributed by atoms with Crippen molar-refractivity contribution in [3.8, 4) is 56.2 Å². The third-order valence-electron chi connectivity index (χ3n) is 12.4. The molecule has 0 spiro atoms. The molecule has 4 nitrogen and oxygen atoms in total. The second-order valence-electron chi connectivity index (χ2n) is 16.4. The second kappa shape index (κ2) is 16.5. The highest BCUT2D eigenvalue weighted by Crippen LogP contribution is 2.45. The number of aromatic nitrogens is 2. The summed E-state index contributed by atoms with van der Waals surface area (Å²) in [4.78, 5) is 15.6. The van der Waals surface area contributed by atoms with Crippen LogP contribution in [0.5, 0.6) is 0 Å². The standard InChI is InChI=1S/C60H40N4S/c1-4-16-41(17-5-1)51-37-52(42-18-6-2-7-19-42)62-59(61-51)46-33-29-44(30-34-46)57-48(35-36-56-58(57)50-24-12-13-26-55(50)65-56)40-27-31-45(32-28-40)60-63-53(43-20-8-3-9-21-43)38-54(64-60)49-25-14-22-39-15-10-11-23-47(39)49/h1-38,51H,(H,61,62). The number of nitrogens with one attached hydrogen (secondary N) is 1. The van der Waals surface area contributed by atoms with E-state index in [0.29, 0.717) is 5.82 Å². The lowest BCUT2D eigenvalue weighted by Gasteiger charge is -2.24. The van der Waals surface area contributed by atoms with Crippen LogP contribution in [0.3, 0.4) is 0 Å². The van der Waals surface area contributed by atoms with E-state index in [4.69, 9.17) is 15.0 Å². The fraction of sp³-hybridized carbons (Fsp3) is 0.0167. The van der Waals surface area contributed by atoms with Crippen molar-refractivity contribution in [3.63, 3.8) is 0 Å². The summed E-state index contributed by atoms with van der Waals surface area (Å²) in [6.07, 6.45) is 2.22. The Kier molecular flexibility index (Phi) is 9.73. The molecule has 1 aliphatic rings. The van der Waals surface area contributed by atoms with Crippen LogP contribution in [0.2, 0.25) is 0 Å². The van der Waals surface area contributed by atoms with E-state index in [1.165, 1.54) is 47.6 Å². The van der Waals surface area contributed by atoms with Gasteiger partial charge in [-0.1, -0.05) is 206 Å². The highest BCUT2D eigenvalue weighted by atomic mass is 32.1. The summed E-state index contributed by atoms with van der Waals surface area (Å²) >= 11 is 1.84. The van der Waals surface area contributed by atoms with Gasteiger partial charge in [0.25, 0.3) is 0 Å². The third kappa shape index (κ3) is 7.28. The number of amidine groups is 1. The van der Waals surface area contributed by atoms with Gasteiger partial charge in [-0.3, -0.25) is 0 Å². The molecule has 0 radical (unpaired) electrons. The Morgan fingerprint density at radius 3 is 1.82 bits per heavy atom. The van der Waals surface area contributed by atoms with E-state index in [2.05, 4.69) is 224 Å². The van der Waals surface area contributed by atoms with Crippen molar-refractivity contribution in [1.82, 2.24) is 15.3 Å². The Hall–Kier alpha value is -8.25. The molecular weight excluding hydrogens is 809 g/mol. The molecule has 0 bridgehead atoms. The normalized spacial score (nSPS) is 13.7. The van der Waals surface area contributed by atoms with E-state index in [9.17, 15) is 0 Å². The number of rotatable bonds is 8. The van der Waals surface area contributed by atoms with E-state index in [-0.39, 0.29) is 6.04 Å². The van der Waals surface area contributed by atoms with Crippen LogP contribution in [0.25, 0.3) is 92.8 Å². The molecule has 1 unspecified atom stereocenters. The molecule has 1 aliphatic heterocycles. The number of thiophene rings is 1. The second-order valence-corrected chi connectivity index (χ2v) is 17.5. The van der Waals surface area contributed by atoms with Gasteiger partial charge in [0, 0.05) is 42.4 Å². The monoisotopic (exact) mass is 848 g/mol. The minimum absolute atomic E-state index is 0.0184. The molecule has 306 valence electrons. The predicted octanol–water partition coefficient (Wildman–Crippen LogP) is 15.5. The molecule has 0 saturated carbocycles. The number of fused-ring (bicyclic) bond motifs is 4. The van der Waals surface area contributed by atoms with Gasteiger partial charge in [-0.25, -0.2) is 15.0 Å². The molecule has 0 saturated heterocycles. The smallest absolute Gasteiger partial charge is 0.160 e. The summed E-state index contributed by atoms with van der Waals surface area (Å²) in [5.74, 6) is 1.54. The molecule has 5 heteroatoms. The molecule has 1 atom stereocenters. The molecular formula is C60H40N4S. The first-order valence-electron chi connectivity index (χ1n) is 22.0. The Morgan fingerprint density at radius 1 is 0.415 bits per heavy atom. The topological polar surface area (TPSA) is 50.2 Å². The number of aliphatic imine (C=N–C) groups is 1. The van der Waals surface area contributed by atoms with Crippen LogP contribution in [0.1, 0.15) is 22.7 Å². The van der Waals surface area contributed by atoms with E-state index < -0.39 is 0 Å². The minimum Gasteiger partial charge on any atom is -0.359 e. The average molecular weight is 849 g/mol. The Morgan fingerprint density at radius 2 is 1.03 bits per heavy atom. The maximum absolute atomic E-state index is 5.25. The van der Waals surface area contributed by atoms with E-state index in [1.54, 1.807) is 0 Å². The van der Waals surface area contributed by atoms with Crippen LogP contribution < -0.4 is 5.32 Å². The van der Waals surface area contributed by atoms with E-state index in [1.807, 2.05) is 23.5 Å². The first-order chi connectivity index (χ1) is 32.2. The average Bonchev–Trinajstić information content (AvgIpc) is 3.78. The molecule has 0 aliphatic carbocycles. The lowest BCUT2D eigenvalue weighted by atomic mass is 9.90. The maximum atomic E-state index is 5.25. The summed E-state index contributed by atoms with van der Waals surface area (Å²) in [5.41, 5.74) is 13.8. The summed E-state index contributed by atoms with van der Waals surface area (Å²) in [5, 5.41) is 8.63. The van der Waals surface area contributed by atoms with Gasteiger partial charge in [0.2, 0.25) is 0 Å². The SMILES string of the molecule is C1=C(c2ccccc2)N=C(c2ccc(-c3c(-c4ccc(-c5nc(-c6ccccc6)cc(-c6cccc7ccccc67)n5)cc4)ccc4sc5ccccc5c34)cc2)NC1c1ccccc1. The minimum atomic E-state index is -0.0184. The molecule has 65 heavy (non-hydrogen) atoms. The van der Waals surface area contributed by atoms with Gasteiger partial charge in [-0.05, 0) is 68.4 Å². The van der Waals surface area contributed by atoms with Gasteiger partial charge in [0.05, 0.1) is 23.1 Å². The molecule has 1 N–H and O–H groups in total. The highest BCUT2D eigenvalue weighted by Gasteiger charge is 2.22. The molecule has 0 fully saturated rings. The van der Waals surface area contributed by atoms with Gasteiger partial charge in [0.1, 0.15) is 5.84 Å². The number of nitrogens with zero attached hydrogens (tertiary/aromatic N) is 3. The molecule has 11 aromatic rings. The molecule has 9 aromatic carbocycles. The fourth-order valence-corrected chi connectivity index (χ4v) is 10.3. The van der Waals surface area contributed by atoms with Crippen molar-refractivity contribution >= 4 is 53.8 Å². The molecule has 2 aromatic heterocycles. The number of hydrogen-bond acceptors (Lipinski definition) is 5. The Balaban J connectivity index is 0.955. The zero-order chi connectivity index (χ0) is 43.1. The van der Waals surface area contributed by atoms with Gasteiger partial charge in [0.15, 0.2) is 5.82 Å². The third-order valence-corrected chi connectivity index (χ3v) is 13.5. The Labute approximate surface area is 381 Å². The first-order valence-corrected chi connectivity index (χ1v) is 22.8. The van der Waals surface area contributed by atoms with Gasteiger partial charge < -0.3 is 5.32 Å². The summed E-state index contributed by atoms with van der Waals surface area (Å²) in [6.45, 7) is 0. The van der Waals surface area contributed by atoms with Crippen molar-refractivity contribution in [3.05, 3.63) is 247 Å². The summed E-state index contributed by atoms with van der Waals surface area (Å²) in [6, 6.07) is 79.5. The zero-order valence-corrected chi connectivity index (χ0v) is 36.1. The van der Waals surface area contributed by atoms with Crippen molar-refractivity contribution in [1.29, 1.82) is 0 Å². The Bertz CT molecular complexity index is 3590. The molecule has 12 rings (SSSR count). The quantitative estimate of drug-likeness (QED) is 0.166. The lowest BCUT2D eigenvalue weighted by Crippen LogP contribution is -2.31. The van der Waals surface area contributed by atoms with Crippen LogP contribution >= 0.6 is 11.3 Å². The van der Waals surface area contributed by atoms with Crippen LogP contribution in [0.15, 0.2) is 236 Å². The van der Waals surface area contributed by atoms with Crippen molar-refractivity contribution in [2.75, 3.05) is 0 Å². The fourth-order valence-electron chi connectivity index (χ4n) is 9.16. The van der Waals surface area contributed by atoms with Crippen LogP contribution in [-0.2, 0) is 0 Å². The molecule has 0 amide bonds. The maximum Gasteiger partial charge on any atom is 0.160 e. The highest BCUT2D eigenvalue weighted by molar-refractivity contribution is 7.26. The zero-order valence-electron chi connectivity index (χ0n) is 35.3.